The van der Waals surface area contributed by atoms with E-state index in [2.05, 4.69) is 4.72 Å². The first-order valence-corrected chi connectivity index (χ1v) is 9.55. The molecule has 2 atom stereocenters. The van der Waals surface area contributed by atoms with Crippen LogP contribution in [0.3, 0.4) is 0 Å². The number of β-amino-alcohol motifs (C(OH)–C–C–N with tert-alkyl or cyclic N) is 1. The summed E-state index contributed by atoms with van der Waals surface area (Å²) >= 11 is 5.85. The average Bonchev–Trinajstić information content (AvgIpc) is 2.54. The van der Waals surface area contributed by atoms with Gasteiger partial charge in [-0.2, -0.15) is 17.4 Å². The first-order valence-electron chi connectivity index (χ1n) is 7.73. The highest BCUT2D eigenvalue weighted by Gasteiger charge is 2.33. The van der Waals surface area contributed by atoms with E-state index in [1.54, 1.807) is 24.3 Å². The van der Waals surface area contributed by atoms with E-state index in [1.165, 1.54) is 19.0 Å². The lowest BCUT2D eigenvalue weighted by molar-refractivity contribution is -0.136. The molecule has 0 radical (unpaired) electrons. The van der Waals surface area contributed by atoms with Crippen LogP contribution in [0.5, 0.6) is 5.75 Å². The fraction of sp³-hybridized carbons (Fsp3) is 0.533. The molecule has 1 aliphatic rings. The van der Waals surface area contributed by atoms with Crippen LogP contribution in [0.25, 0.3) is 0 Å². The molecule has 1 aromatic carbocycles. The number of ether oxygens (including phenoxy) is 1. The summed E-state index contributed by atoms with van der Waals surface area (Å²) in [7, 11) is -0.829. The van der Waals surface area contributed by atoms with Gasteiger partial charge in [0.25, 0.3) is 16.1 Å². The van der Waals surface area contributed by atoms with Crippen LogP contribution >= 0.6 is 11.6 Å². The maximum atomic E-state index is 12.2. The third kappa shape index (κ3) is 5.55. The second-order valence-corrected chi connectivity index (χ2v) is 8.31. The van der Waals surface area contributed by atoms with Crippen LogP contribution in [0.1, 0.15) is 6.42 Å². The molecule has 10 heteroatoms. The zero-order valence-electron chi connectivity index (χ0n) is 14.1. The fourth-order valence-corrected chi connectivity index (χ4v) is 3.43. The molecule has 0 bridgehead atoms. The van der Waals surface area contributed by atoms with Crippen molar-refractivity contribution in [1.82, 2.24) is 13.9 Å². The highest BCUT2D eigenvalue weighted by molar-refractivity contribution is 7.87. The van der Waals surface area contributed by atoms with E-state index in [1.807, 2.05) is 0 Å². The molecule has 0 aliphatic carbocycles. The highest BCUT2D eigenvalue weighted by Crippen LogP contribution is 2.18. The quantitative estimate of drug-likeness (QED) is 0.715. The molecule has 0 aromatic heterocycles. The van der Waals surface area contributed by atoms with Gasteiger partial charge in [0.1, 0.15) is 5.75 Å². The number of hydrogen-bond acceptors (Lipinski definition) is 5. The Morgan fingerprint density at radius 3 is 2.80 bits per heavy atom. The molecule has 1 heterocycles. The number of nitrogens with one attached hydrogen (secondary N) is 1. The van der Waals surface area contributed by atoms with E-state index < -0.39 is 22.4 Å². The van der Waals surface area contributed by atoms with E-state index in [9.17, 15) is 18.3 Å². The van der Waals surface area contributed by atoms with Gasteiger partial charge in [-0.05, 0) is 24.6 Å². The molecule has 0 unspecified atom stereocenters. The number of aliphatic hydroxyl groups is 1. The Morgan fingerprint density at radius 1 is 1.48 bits per heavy atom. The van der Waals surface area contributed by atoms with Crippen LogP contribution in [-0.4, -0.2) is 74.6 Å². The van der Waals surface area contributed by atoms with Gasteiger partial charge in [-0.15, -0.1) is 0 Å². The van der Waals surface area contributed by atoms with Crippen molar-refractivity contribution in [3.63, 3.8) is 0 Å². The number of hydrogen-bond donors (Lipinski definition) is 2. The summed E-state index contributed by atoms with van der Waals surface area (Å²) < 4.78 is 32.5. The topological polar surface area (TPSA) is 99.2 Å². The van der Waals surface area contributed by atoms with Crippen molar-refractivity contribution in [3.8, 4) is 5.75 Å². The van der Waals surface area contributed by atoms with Crippen molar-refractivity contribution in [1.29, 1.82) is 0 Å². The van der Waals surface area contributed by atoms with Gasteiger partial charge < -0.3 is 14.7 Å². The maximum absolute atomic E-state index is 12.2. The first kappa shape index (κ1) is 19.9. The third-order valence-corrected chi connectivity index (χ3v) is 5.67. The zero-order chi connectivity index (χ0) is 18.6. The van der Waals surface area contributed by atoms with Gasteiger partial charge in [0, 0.05) is 32.2 Å². The van der Waals surface area contributed by atoms with E-state index in [0.29, 0.717) is 23.7 Å². The Bertz CT molecular complexity index is 713. The number of halogens is 1. The number of piperidine rings is 1. The SMILES string of the molecule is CN(C)S(=O)(=O)N[C@@H]1CCN(C(=O)COc2cccc(Cl)c2)C[C@H]1O. The fourth-order valence-electron chi connectivity index (χ4n) is 2.39. The molecule has 8 nitrogen and oxygen atoms in total. The van der Waals surface area contributed by atoms with Crippen LogP contribution in [0.4, 0.5) is 0 Å². The normalized spacial score (nSPS) is 21.4. The Labute approximate surface area is 152 Å². The number of amides is 1. The van der Waals surface area contributed by atoms with Gasteiger partial charge in [0.2, 0.25) is 0 Å². The second-order valence-electron chi connectivity index (χ2n) is 5.95. The van der Waals surface area contributed by atoms with Crippen LogP contribution in [0, 0.1) is 0 Å². The lowest BCUT2D eigenvalue weighted by Gasteiger charge is -2.36. The van der Waals surface area contributed by atoms with Gasteiger partial charge in [0.05, 0.1) is 12.1 Å². The predicted molar refractivity (Wildman–Crippen MR) is 93.7 cm³/mol. The summed E-state index contributed by atoms with van der Waals surface area (Å²) in [4.78, 5) is 13.7. The minimum atomic E-state index is -3.64. The summed E-state index contributed by atoms with van der Waals surface area (Å²) in [6.07, 6.45) is -0.671. The van der Waals surface area contributed by atoms with E-state index in [4.69, 9.17) is 16.3 Å². The monoisotopic (exact) mass is 391 g/mol. The van der Waals surface area contributed by atoms with Crippen LogP contribution < -0.4 is 9.46 Å². The number of likely N-dealkylation sites (tertiary alicyclic amines) is 1. The van der Waals surface area contributed by atoms with Crippen molar-refractivity contribution in [2.24, 2.45) is 0 Å². The lowest BCUT2D eigenvalue weighted by Crippen LogP contribution is -2.57. The molecule has 0 spiro atoms. The lowest BCUT2D eigenvalue weighted by atomic mass is 10.0. The summed E-state index contributed by atoms with van der Waals surface area (Å²) in [5, 5.41) is 10.7. The molecule has 0 saturated carbocycles. The number of benzene rings is 1. The molecule has 1 aliphatic heterocycles. The average molecular weight is 392 g/mol. The summed E-state index contributed by atoms with van der Waals surface area (Å²) in [6.45, 7) is 0.189. The standard InChI is InChI=1S/C15H22ClN3O5S/c1-18(2)25(22,23)17-13-6-7-19(9-14(13)20)15(21)10-24-12-5-3-4-11(16)8-12/h3-5,8,13-14,17,20H,6-7,9-10H2,1-2H3/t13-,14-/m1/s1. The molecule has 1 saturated heterocycles. The first-order chi connectivity index (χ1) is 11.7. The number of carbonyl (C=O) groups is 1. The number of rotatable bonds is 6. The summed E-state index contributed by atoms with van der Waals surface area (Å²) in [5.41, 5.74) is 0. The van der Waals surface area contributed by atoms with Gasteiger partial charge in [0.15, 0.2) is 6.61 Å². The van der Waals surface area contributed by atoms with E-state index in [0.717, 1.165) is 4.31 Å². The molecule has 140 valence electrons. The second kappa shape index (κ2) is 8.33. The van der Waals surface area contributed by atoms with Crippen molar-refractivity contribution in [2.75, 3.05) is 33.8 Å². The Kier molecular flexibility index (Phi) is 6.64. The molecule has 1 amide bonds. The number of aliphatic hydroxyl groups excluding tert-OH is 1. The number of nitrogens with zero attached hydrogens (tertiary/aromatic N) is 2. The third-order valence-electron chi connectivity index (χ3n) is 3.87. The molecule has 2 N–H and O–H groups in total. The Morgan fingerprint density at radius 2 is 2.20 bits per heavy atom. The molecule has 25 heavy (non-hydrogen) atoms. The zero-order valence-corrected chi connectivity index (χ0v) is 15.6. The molecular formula is C15H22ClN3O5S. The van der Waals surface area contributed by atoms with Crippen LogP contribution in [0.15, 0.2) is 24.3 Å². The van der Waals surface area contributed by atoms with Crippen molar-refractivity contribution in [2.45, 2.75) is 18.6 Å². The summed E-state index contributed by atoms with van der Waals surface area (Å²) in [6, 6.07) is 6.08. The highest BCUT2D eigenvalue weighted by atomic mass is 35.5. The summed E-state index contributed by atoms with van der Waals surface area (Å²) in [5.74, 6) is 0.197. The van der Waals surface area contributed by atoms with Crippen molar-refractivity contribution >= 4 is 27.7 Å². The Balaban J connectivity index is 1.86. The smallest absolute Gasteiger partial charge is 0.279 e. The van der Waals surface area contributed by atoms with Crippen molar-refractivity contribution in [3.05, 3.63) is 29.3 Å². The van der Waals surface area contributed by atoms with E-state index >= 15 is 0 Å². The van der Waals surface area contributed by atoms with E-state index in [-0.39, 0.29) is 19.1 Å². The number of carbonyl (C=O) groups excluding carboxylic acids is 1. The van der Waals surface area contributed by atoms with Gasteiger partial charge in [-0.25, -0.2) is 0 Å². The molecule has 2 rings (SSSR count). The minimum absolute atomic E-state index is 0.0400. The molecular weight excluding hydrogens is 370 g/mol. The molecule has 1 fully saturated rings. The van der Waals surface area contributed by atoms with Crippen LogP contribution in [0.2, 0.25) is 5.02 Å². The predicted octanol–water partition coefficient (Wildman–Crippen LogP) is 0.0766. The van der Waals surface area contributed by atoms with Crippen molar-refractivity contribution < 1.29 is 23.1 Å². The van der Waals surface area contributed by atoms with Gasteiger partial charge in [-0.1, -0.05) is 17.7 Å². The largest absolute Gasteiger partial charge is 0.484 e. The van der Waals surface area contributed by atoms with Gasteiger partial charge >= 0.3 is 0 Å². The maximum Gasteiger partial charge on any atom is 0.279 e. The minimum Gasteiger partial charge on any atom is -0.484 e. The van der Waals surface area contributed by atoms with Crippen LogP contribution in [-0.2, 0) is 15.0 Å². The molecule has 1 aromatic rings. The Hall–Kier alpha value is -1.39. The van der Waals surface area contributed by atoms with Gasteiger partial charge in [-0.3, -0.25) is 4.79 Å².